The molecule has 0 spiro atoms. The monoisotopic (exact) mass is 212 g/mol. The summed E-state index contributed by atoms with van der Waals surface area (Å²) in [4.78, 5) is 26.7. The Kier molecular flexibility index (Phi) is 3.43. The molecule has 1 heterocycles. The molecule has 0 aliphatic rings. The van der Waals surface area contributed by atoms with Gasteiger partial charge in [-0.3, -0.25) is 9.36 Å². The minimum absolute atomic E-state index is 0.0950. The number of aromatic nitrogens is 2. The molecule has 0 radical (unpaired) electrons. The Labute approximate surface area is 86.5 Å². The van der Waals surface area contributed by atoms with E-state index in [2.05, 4.69) is 4.98 Å². The smallest absolute Gasteiger partial charge is 0.361 e. The number of nitrogens with zero attached hydrogens (tertiary/aromatic N) is 2. The van der Waals surface area contributed by atoms with Gasteiger partial charge in [-0.25, -0.2) is 9.78 Å². The Morgan fingerprint density at radius 3 is 2.80 bits per heavy atom. The van der Waals surface area contributed by atoms with Crippen LogP contribution >= 0.6 is 0 Å². The van der Waals surface area contributed by atoms with Gasteiger partial charge in [-0.15, -0.1) is 0 Å². The zero-order valence-corrected chi connectivity index (χ0v) is 8.81. The summed E-state index contributed by atoms with van der Waals surface area (Å²) in [6.07, 6.45) is 1.25. The summed E-state index contributed by atoms with van der Waals surface area (Å²) in [5.41, 5.74) is -0.516. The van der Waals surface area contributed by atoms with Crippen LogP contribution in [0.3, 0.4) is 0 Å². The molecule has 6 nitrogen and oxygen atoms in total. The van der Waals surface area contributed by atoms with Crippen LogP contribution in [0.25, 0.3) is 0 Å². The van der Waals surface area contributed by atoms with Crippen LogP contribution in [0.2, 0.25) is 0 Å². The van der Waals surface area contributed by atoms with Crippen molar-refractivity contribution in [2.45, 2.75) is 6.92 Å². The zero-order chi connectivity index (χ0) is 11.4. The Hall–Kier alpha value is -1.85. The fourth-order valence-electron chi connectivity index (χ4n) is 1.05. The Morgan fingerprint density at radius 2 is 2.27 bits per heavy atom. The molecule has 0 fully saturated rings. The third-order valence-corrected chi connectivity index (χ3v) is 1.76. The van der Waals surface area contributed by atoms with Crippen molar-refractivity contribution in [3.8, 4) is 5.75 Å². The summed E-state index contributed by atoms with van der Waals surface area (Å²) in [7, 11) is 2.83. The summed E-state index contributed by atoms with van der Waals surface area (Å²) in [5.74, 6) is -0.759. The number of esters is 1. The van der Waals surface area contributed by atoms with Gasteiger partial charge in [0.15, 0.2) is 5.69 Å². The molecule has 0 aromatic carbocycles. The Bertz CT molecular complexity index is 425. The summed E-state index contributed by atoms with van der Waals surface area (Å²) in [6, 6.07) is 0. The Morgan fingerprint density at radius 1 is 1.60 bits per heavy atom. The van der Waals surface area contributed by atoms with Gasteiger partial charge >= 0.3 is 5.97 Å². The van der Waals surface area contributed by atoms with Crippen LogP contribution < -0.4 is 10.3 Å². The average molecular weight is 212 g/mol. The molecule has 0 N–H and O–H groups in total. The molecule has 0 aliphatic carbocycles. The van der Waals surface area contributed by atoms with E-state index in [0.717, 1.165) is 0 Å². The summed E-state index contributed by atoms with van der Waals surface area (Å²) >= 11 is 0. The van der Waals surface area contributed by atoms with E-state index in [-0.39, 0.29) is 18.1 Å². The van der Waals surface area contributed by atoms with E-state index >= 15 is 0 Å². The molecule has 0 atom stereocenters. The topological polar surface area (TPSA) is 70.4 Å². The predicted molar refractivity (Wildman–Crippen MR) is 52.0 cm³/mol. The van der Waals surface area contributed by atoms with Crippen LogP contribution in [-0.4, -0.2) is 29.2 Å². The van der Waals surface area contributed by atoms with E-state index in [1.165, 1.54) is 25.1 Å². The molecule has 0 unspecified atom stereocenters. The lowest BCUT2D eigenvalue weighted by atomic mass is 10.3. The zero-order valence-electron chi connectivity index (χ0n) is 8.81. The van der Waals surface area contributed by atoms with Crippen molar-refractivity contribution in [3.05, 3.63) is 22.4 Å². The first-order valence-electron chi connectivity index (χ1n) is 4.38. The van der Waals surface area contributed by atoms with Crippen molar-refractivity contribution in [2.75, 3.05) is 13.7 Å². The molecule has 0 amide bonds. The first-order valence-corrected chi connectivity index (χ1v) is 4.38. The van der Waals surface area contributed by atoms with Crippen LogP contribution in [0.1, 0.15) is 17.4 Å². The lowest BCUT2D eigenvalue weighted by molar-refractivity contribution is 0.0514. The van der Waals surface area contributed by atoms with Crippen molar-refractivity contribution in [1.82, 2.24) is 9.55 Å². The molecule has 0 saturated heterocycles. The predicted octanol–water partition coefficient (Wildman–Crippen LogP) is -0.0344. The molecule has 1 rings (SSSR count). The fraction of sp³-hybridized carbons (Fsp3) is 0.444. The van der Waals surface area contributed by atoms with Crippen molar-refractivity contribution in [1.29, 1.82) is 0 Å². The second-order valence-corrected chi connectivity index (χ2v) is 2.76. The molecule has 1 aromatic heterocycles. The quantitative estimate of drug-likeness (QED) is 0.658. The highest BCUT2D eigenvalue weighted by Crippen LogP contribution is 2.09. The number of carbonyl (C=O) groups is 1. The van der Waals surface area contributed by atoms with Crippen LogP contribution in [0, 0.1) is 0 Å². The summed E-state index contributed by atoms with van der Waals surface area (Å²) in [5, 5.41) is 0. The SMILES string of the molecule is CCOC(=O)c1ncn(C)c(=O)c1OC. The highest BCUT2D eigenvalue weighted by molar-refractivity contribution is 5.89. The first-order chi connectivity index (χ1) is 7.11. The van der Waals surface area contributed by atoms with Gasteiger partial charge in [-0.2, -0.15) is 0 Å². The van der Waals surface area contributed by atoms with Gasteiger partial charge in [0.2, 0.25) is 5.75 Å². The second-order valence-electron chi connectivity index (χ2n) is 2.76. The third kappa shape index (κ3) is 2.15. The number of rotatable bonds is 3. The van der Waals surface area contributed by atoms with E-state index in [4.69, 9.17) is 9.47 Å². The molecule has 15 heavy (non-hydrogen) atoms. The van der Waals surface area contributed by atoms with Crippen LogP contribution in [0.4, 0.5) is 0 Å². The molecule has 0 saturated carbocycles. The van der Waals surface area contributed by atoms with Crippen LogP contribution in [0.15, 0.2) is 11.1 Å². The van der Waals surface area contributed by atoms with Crippen LogP contribution in [0.5, 0.6) is 5.75 Å². The molecule has 1 aromatic rings. The van der Waals surface area contributed by atoms with Gasteiger partial charge in [-0.05, 0) is 6.92 Å². The average Bonchev–Trinajstić information content (AvgIpc) is 2.22. The summed E-state index contributed by atoms with van der Waals surface area (Å²) in [6.45, 7) is 1.89. The van der Waals surface area contributed by atoms with Crippen LogP contribution in [-0.2, 0) is 11.8 Å². The van der Waals surface area contributed by atoms with Gasteiger partial charge in [0.1, 0.15) is 0 Å². The maximum Gasteiger partial charge on any atom is 0.361 e. The van der Waals surface area contributed by atoms with Gasteiger partial charge in [0.25, 0.3) is 5.56 Å². The van der Waals surface area contributed by atoms with E-state index in [1.54, 1.807) is 6.92 Å². The summed E-state index contributed by atoms with van der Waals surface area (Å²) < 4.78 is 10.8. The normalized spacial score (nSPS) is 9.80. The minimum Gasteiger partial charge on any atom is -0.489 e. The lowest BCUT2D eigenvalue weighted by Crippen LogP contribution is -2.23. The van der Waals surface area contributed by atoms with Crippen molar-refractivity contribution < 1.29 is 14.3 Å². The largest absolute Gasteiger partial charge is 0.489 e. The molecule has 82 valence electrons. The van der Waals surface area contributed by atoms with E-state index in [1.807, 2.05) is 0 Å². The Balaban J connectivity index is 3.25. The van der Waals surface area contributed by atoms with Crippen molar-refractivity contribution in [2.24, 2.45) is 7.05 Å². The highest BCUT2D eigenvalue weighted by Gasteiger charge is 2.18. The molecular weight excluding hydrogens is 200 g/mol. The van der Waals surface area contributed by atoms with Gasteiger partial charge in [-0.1, -0.05) is 0 Å². The number of hydrogen-bond donors (Lipinski definition) is 0. The fourth-order valence-corrected chi connectivity index (χ4v) is 1.05. The first kappa shape index (κ1) is 11.2. The van der Waals surface area contributed by atoms with Crippen molar-refractivity contribution >= 4 is 5.97 Å². The number of hydrogen-bond acceptors (Lipinski definition) is 5. The third-order valence-electron chi connectivity index (χ3n) is 1.76. The molecular formula is C9H12N2O4. The molecule has 6 heteroatoms. The van der Waals surface area contributed by atoms with Gasteiger partial charge < -0.3 is 9.47 Å². The molecule has 0 bridgehead atoms. The van der Waals surface area contributed by atoms with E-state index < -0.39 is 11.5 Å². The standard InChI is InChI=1S/C9H12N2O4/c1-4-15-9(13)6-7(14-3)8(12)11(2)5-10-6/h5H,4H2,1-3H3. The van der Waals surface area contributed by atoms with Gasteiger partial charge in [0, 0.05) is 7.05 Å². The second kappa shape index (κ2) is 4.59. The maximum absolute atomic E-state index is 11.5. The number of ether oxygens (including phenoxy) is 2. The molecule has 0 aliphatic heterocycles. The lowest BCUT2D eigenvalue weighted by Gasteiger charge is -2.06. The van der Waals surface area contributed by atoms with E-state index in [9.17, 15) is 9.59 Å². The van der Waals surface area contributed by atoms with Gasteiger partial charge in [0.05, 0.1) is 20.0 Å². The van der Waals surface area contributed by atoms with E-state index in [0.29, 0.717) is 0 Å². The van der Waals surface area contributed by atoms with Crippen molar-refractivity contribution in [3.63, 3.8) is 0 Å². The number of methoxy groups -OCH3 is 1. The number of aryl methyl sites for hydroxylation is 1. The highest BCUT2D eigenvalue weighted by atomic mass is 16.5. The minimum atomic E-state index is -0.660. The maximum atomic E-state index is 11.5. The number of carbonyl (C=O) groups excluding carboxylic acids is 1.